The summed E-state index contributed by atoms with van der Waals surface area (Å²) in [7, 11) is 0. The molecule has 1 amide bonds. The minimum atomic E-state index is -3.83. The Morgan fingerprint density at radius 1 is 1.40 bits per heavy atom. The number of carbonyl (C=O) groups is 1. The number of rotatable bonds is 3. The number of amides is 1. The lowest BCUT2D eigenvalue weighted by Gasteiger charge is -2.41. The number of fused-ring (bicyclic) bond motifs is 1. The highest BCUT2D eigenvalue weighted by molar-refractivity contribution is 5.97. The Morgan fingerprint density at radius 2 is 2.10 bits per heavy atom. The summed E-state index contributed by atoms with van der Waals surface area (Å²) in [4.78, 5) is 18.4. The molecule has 2 aromatic rings. The first-order valence-electron chi connectivity index (χ1n) is 6.29. The summed E-state index contributed by atoms with van der Waals surface area (Å²) in [5.41, 5.74) is -1.04. The number of nitrogens with zero attached hydrogens (tertiary/aromatic N) is 1. The number of halogens is 2. The Labute approximate surface area is 113 Å². The van der Waals surface area contributed by atoms with Crippen molar-refractivity contribution in [1.29, 1.82) is 0 Å². The van der Waals surface area contributed by atoms with Crippen molar-refractivity contribution < 1.29 is 18.7 Å². The van der Waals surface area contributed by atoms with Crippen LogP contribution in [0.3, 0.4) is 0 Å². The SMILES string of the molecule is O=C(Nc1nc2ccccc2[nH]1)C(F)(F)C1(O)CCC1. The molecule has 0 saturated heterocycles. The van der Waals surface area contributed by atoms with Gasteiger partial charge in [-0.2, -0.15) is 8.78 Å². The second-order valence-corrected chi connectivity index (χ2v) is 5.02. The van der Waals surface area contributed by atoms with Crippen LogP contribution in [0.4, 0.5) is 14.7 Å². The van der Waals surface area contributed by atoms with Crippen LogP contribution in [0.1, 0.15) is 19.3 Å². The van der Waals surface area contributed by atoms with Crippen molar-refractivity contribution >= 4 is 22.9 Å². The molecule has 1 aliphatic carbocycles. The zero-order valence-corrected chi connectivity index (χ0v) is 10.5. The molecule has 1 fully saturated rings. The first-order chi connectivity index (χ1) is 9.42. The smallest absolute Gasteiger partial charge is 0.352 e. The van der Waals surface area contributed by atoms with Crippen LogP contribution in [0, 0.1) is 0 Å². The third-order valence-electron chi connectivity index (χ3n) is 3.67. The Morgan fingerprint density at radius 3 is 2.70 bits per heavy atom. The monoisotopic (exact) mass is 281 g/mol. The summed E-state index contributed by atoms with van der Waals surface area (Å²) < 4.78 is 27.8. The predicted octanol–water partition coefficient (Wildman–Crippen LogP) is 2.05. The summed E-state index contributed by atoms with van der Waals surface area (Å²) in [6, 6.07) is 6.92. The first kappa shape index (κ1) is 13.0. The van der Waals surface area contributed by atoms with E-state index in [9.17, 15) is 18.7 Å². The Bertz CT molecular complexity index is 631. The van der Waals surface area contributed by atoms with E-state index in [1.165, 1.54) is 0 Å². The van der Waals surface area contributed by atoms with E-state index in [4.69, 9.17) is 0 Å². The number of aromatic amines is 1. The van der Waals surface area contributed by atoms with Gasteiger partial charge in [0, 0.05) is 0 Å². The van der Waals surface area contributed by atoms with Gasteiger partial charge in [0.05, 0.1) is 11.0 Å². The first-order valence-corrected chi connectivity index (χ1v) is 6.29. The zero-order valence-electron chi connectivity index (χ0n) is 10.5. The van der Waals surface area contributed by atoms with Gasteiger partial charge < -0.3 is 10.1 Å². The van der Waals surface area contributed by atoms with Crippen LogP contribution in [-0.4, -0.2) is 32.5 Å². The second-order valence-electron chi connectivity index (χ2n) is 5.02. The molecule has 1 heterocycles. The Kier molecular flexibility index (Phi) is 2.75. The van der Waals surface area contributed by atoms with Crippen molar-refractivity contribution in [3.63, 3.8) is 0 Å². The van der Waals surface area contributed by atoms with Gasteiger partial charge in [-0.1, -0.05) is 12.1 Å². The van der Waals surface area contributed by atoms with E-state index in [2.05, 4.69) is 9.97 Å². The lowest BCUT2D eigenvalue weighted by Crippen LogP contribution is -2.59. The minimum absolute atomic E-state index is 0.0567. The number of benzene rings is 1. The summed E-state index contributed by atoms with van der Waals surface area (Å²) in [6.07, 6.45) is 0.338. The van der Waals surface area contributed by atoms with Crippen LogP contribution in [-0.2, 0) is 4.79 Å². The van der Waals surface area contributed by atoms with Crippen molar-refractivity contribution in [2.75, 3.05) is 5.32 Å². The highest BCUT2D eigenvalue weighted by Crippen LogP contribution is 2.44. The van der Waals surface area contributed by atoms with Gasteiger partial charge in [0.15, 0.2) is 0 Å². The van der Waals surface area contributed by atoms with Gasteiger partial charge in [0.1, 0.15) is 5.60 Å². The molecule has 20 heavy (non-hydrogen) atoms. The van der Waals surface area contributed by atoms with Crippen molar-refractivity contribution in [3.05, 3.63) is 24.3 Å². The molecular formula is C13H13F2N3O2. The van der Waals surface area contributed by atoms with E-state index in [1.807, 2.05) is 5.32 Å². The van der Waals surface area contributed by atoms with Gasteiger partial charge in [-0.05, 0) is 31.4 Å². The molecule has 1 aromatic heterocycles. The van der Waals surface area contributed by atoms with E-state index in [1.54, 1.807) is 24.3 Å². The van der Waals surface area contributed by atoms with Crippen LogP contribution in [0.2, 0.25) is 0 Å². The second kappa shape index (κ2) is 4.24. The molecule has 0 spiro atoms. The van der Waals surface area contributed by atoms with Crippen LogP contribution >= 0.6 is 0 Å². The fraction of sp³-hybridized carbons (Fsp3) is 0.385. The van der Waals surface area contributed by atoms with Gasteiger partial charge in [-0.25, -0.2) is 4.98 Å². The maximum Gasteiger partial charge on any atom is 0.352 e. The molecule has 3 rings (SSSR count). The number of aromatic nitrogens is 2. The maximum absolute atomic E-state index is 13.9. The average Bonchev–Trinajstić information content (AvgIpc) is 2.77. The Hall–Kier alpha value is -2.02. The Balaban J connectivity index is 1.81. The number of H-pyrrole nitrogens is 1. The minimum Gasteiger partial charge on any atom is -0.383 e. The van der Waals surface area contributed by atoms with Crippen LogP contribution < -0.4 is 5.32 Å². The summed E-state index contributed by atoms with van der Waals surface area (Å²) in [6.45, 7) is 0. The van der Waals surface area contributed by atoms with Crippen molar-refractivity contribution in [1.82, 2.24) is 9.97 Å². The van der Waals surface area contributed by atoms with E-state index in [-0.39, 0.29) is 18.8 Å². The summed E-state index contributed by atoms with van der Waals surface area (Å²) in [5.74, 6) is -5.43. The van der Waals surface area contributed by atoms with Crippen molar-refractivity contribution in [2.24, 2.45) is 0 Å². The number of aliphatic hydroxyl groups is 1. The van der Waals surface area contributed by atoms with Crippen molar-refractivity contribution in [3.8, 4) is 0 Å². The van der Waals surface area contributed by atoms with Crippen LogP contribution in [0.5, 0.6) is 0 Å². The standard InChI is InChI=1S/C13H13F2N3O2/c14-13(15,12(20)6-3-7-12)10(19)18-11-16-8-4-1-2-5-9(8)17-11/h1-2,4-5,20H,3,6-7H2,(H2,16,17,18,19). The van der Waals surface area contributed by atoms with Gasteiger partial charge >= 0.3 is 5.92 Å². The van der Waals surface area contributed by atoms with Gasteiger partial charge in [-0.3, -0.25) is 10.1 Å². The third-order valence-corrected chi connectivity index (χ3v) is 3.67. The molecule has 1 saturated carbocycles. The molecular weight excluding hydrogens is 268 g/mol. The number of para-hydroxylation sites is 2. The molecule has 1 aromatic carbocycles. The number of hydrogen-bond donors (Lipinski definition) is 3. The summed E-state index contributed by atoms with van der Waals surface area (Å²) in [5, 5.41) is 11.7. The lowest BCUT2D eigenvalue weighted by molar-refractivity contribution is -0.212. The predicted molar refractivity (Wildman–Crippen MR) is 68.5 cm³/mol. The number of alkyl halides is 2. The highest BCUT2D eigenvalue weighted by Gasteiger charge is 2.61. The average molecular weight is 281 g/mol. The molecule has 0 radical (unpaired) electrons. The van der Waals surface area contributed by atoms with E-state index in [0.717, 1.165) is 0 Å². The molecule has 3 N–H and O–H groups in total. The number of anilines is 1. The van der Waals surface area contributed by atoms with E-state index < -0.39 is 17.4 Å². The quantitative estimate of drug-likeness (QED) is 0.805. The third kappa shape index (κ3) is 1.85. The summed E-state index contributed by atoms with van der Waals surface area (Å²) >= 11 is 0. The van der Waals surface area contributed by atoms with Crippen LogP contribution in [0.15, 0.2) is 24.3 Å². The van der Waals surface area contributed by atoms with E-state index >= 15 is 0 Å². The normalized spacial score (nSPS) is 17.8. The molecule has 0 unspecified atom stereocenters. The molecule has 0 bridgehead atoms. The van der Waals surface area contributed by atoms with Gasteiger partial charge in [0.2, 0.25) is 5.95 Å². The molecule has 5 nitrogen and oxygen atoms in total. The number of nitrogens with one attached hydrogen (secondary N) is 2. The molecule has 106 valence electrons. The van der Waals surface area contributed by atoms with Crippen molar-refractivity contribution in [2.45, 2.75) is 30.8 Å². The largest absolute Gasteiger partial charge is 0.383 e. The highest BCUT2D eigenvalue weighted by atomic mass is 19.3. The fourth-order valence-corrected chi connectivity index (χ4v) is 2.24. The molecule has 0 aliphatic heterocycles. The lowest BCUT2D eigenvalue weighted by atomic mass is 9.75. The van der Waals surface area contributed by atoms with Gasteiger partial charge in [-0.15, -0.1) is 0 Å². The number of imidazole rings is 1. The molecule has 0 atom stereocenters. The van der Waals surface area contributed by atoms with E-state index in [0.29, 0.717) is 17.5 Å². The van der Waals surface area contributed by atoms with Gasteiger partial charge in [0.25, 0.3) is 5.91 Å². The number of hydrogen-bond acceptors (Lipinski definition) is 3. The number of carbonyl (C=O) groups excluding carboxylic acids is 1. The molecule has 7 heteroatoms. The van der Waals surface area contributed by atoms with Crippen LogP contribution in [0.25, 0.3) is 11.0 Å². The topological polar surface area (TPSA) is 78.0 Å². The molecule has 1 aliphatic rings. The maximum atomic E-state index is 13.9. The zero-order chi connectivity index (χ0) is 14.4. The fourth-order valence-electron chi connectivity index (χ4n) is 2.24.